The topological polar surface area (TPSA) is 55.8 Å². The van der Waals surface area contributed by atoms with Crippen molar-refractivity contribution in [1.29, 1.82) is 0 Å². The van der Waals surface area contributed by atoms with Crippen molar-refractivity contribution in [3.05, 3.63) is 0 Å². The SMILES string of the molecule is CCCCCCCCCCC(CCCCCCCCCC)COC(=O)CCCCCCC(=O)N(C)OC. The third-order valence-corrected chi connectivity index (χ3v) is 7.56. The van der Waals surface area contributed by atoms with Crippen molar-refractivity contribution in [1.82, 2.24) is 5.06 Å². The maximum absolute atomic E-state index is 12.3. The molecule has 0 saturated carbocycles. The predicted molar refractivity (Wildman–Crippen MR) is 156 cm³/mol. The van der Waals surface area contributed by atoms with Gasteiger partial charge >= 0.3 is 5.97 Å². The fourth-order valence-electron chi connectivity index (χ4n) is 4.89. The van der Waals surface area contributed by atoms with Crippen LogP contribution in [0.1, 0.15) is 168 Å². The third-order valence-electron chi connectivity index (χ3n) is 7.56. The highest BCUT2D eigenvalue weighted by atomic mass is 16.7. The van der Waals surface area contributed by atoms with Crippen LogP contribution in [0.2, 0.25) is 0 Å². The van der Waals surface area contributed by atoms with Crippen LogP contribution in [-0.4, -0.2) is 37.7 Å². The lowest BCUT2D eigenvalue weighted by atomic mass is 9.94. The molecule has 0 rings (SSSR count). The number of rotatable bonds is 28. The molecule has 5 nitrogen and oxygen atoms in total. The number of carbonyl (C=O) groups excluding carboxylic acids is 2. The largest absolute Gasteiger partial charge is 0.465 e. The number of amides is 1. The second kappa shape index (κ2) is 27.9. The molecule has 220 valence electrons. The molecule has 0 aliphatic heterocycles. The Bertz CT molecular complexity index is 491. The van der Waals surface area contributed by atoms with E-state index < -0.39 is 0 Å². The minimum atomic E-state index is -0.0490. The van der Waals surface area contributed by atoms with E-state index in [1.54, 1.807) is 7.05 Å². The van der Waals surface area contributed by atoms with E-state index in [1.165, 1.54) is 128 Å². The number of ether oxygens (including phenoxy) is 1. The lowest BCUT2D eigenvalue weighted by molar-refractivity contribution is -0.168. The van der Waals surface area contributed by atoms with Crippen molar-refractivity contribution in [2.45, 2.75) is 168 Å². The van der Waals surface area contributed by atoms with Gasteiger partial charge < -0.3 is 4.74 Å². The number of esters is 1. The summed E-state index contributed by atoms with van der Waals surface area (Å²) >= 11 is 0. The third kappa shape index (κ3) is 25.0. The van der Waals surface area contributed by atoms with Gasteiger partial charge in [-0.1, -0.05) is 129 Å². The van der Waals surface area contributed by atoms with E-state index in [-0.39, 0.29) is 11.9 Å². The fraction of sp³-hybridized carbons (Fsp3) is 0.938. The summed E-state index contributed by atoms with van der Waals surface area (Å²) in [7, 11) is 3.13. The second-order valence-corrected chi connectivity index (χ2v) is 11.1. The van der Waals surface area contributed by atoms with Crippen molar-refractivity contribution >= 4 is 11.9 Å². The van der Waals surface area contributed by atoms with Crippen molar-refractivity contribution in [3.8, 4) is 0 Å². The second-order valence-electron chi connectivity index (χ2n) is 11.1. The average Bonchev–Trinajstić information content (AvgIpc) is 2.90. The Kier molecular flexibility index (Phi) is 27.1. The Labute approximate surface area is 230 Å². The molecule has 5 heteroatoms. The summed E-state index contributed by atoms with van der Waals surface area (Å²) < 4.78 is 5.72. The molecule has 0 bridgehead atoms. The first-order chi connectivity index (χ1) is 18.0. The Morgan fingerprint density at radius 2 is 1.00 bits per heavy atom. The van der Waals surface area contributed by atoms with Crippen LogP contribution in [0.25, 0.3) is 0 Å². The number of carbonyl (C=O) groups is 2. The quantitative estimate of drug-likeness (QED) is 0.0579. The highest BCUT2D eigenvalue weighted by Crippen LogP contribution is 2.20. The van der Waals surface area contributed by atoms with Gasteiger partial charge in [-0.15, -0.1) is 0 Å². The van der Waals surface area contributed by atoms with Crippen LogP contribution < -0.4 is 0 Å². The molecule has 37 heavy (non-hydrogen) atoms. The van der Waals surface area contributed by atoms with Gasteiger partial charge in [0.2, 0.25) is 5.91 Å². The summed E-state index contributed by atoms with van der Waals surface area (Å²) in [4.78, 5) is 28.9. The fourth-order valence-corrected chi connectivity index (χ4v) is 4.89. The maximum atomic E-state index is 12.3. The molecule has 0 fully saturated rings. The number of unbranched alkanes of at least 4 members (excludes halogenated alkanes) is 17. The van der Waals surface area contributed by atoms with Gasteiger partial charge in [0.1, 0.15) is 0 Å². The summed E-state index contributed by atoms with van der Waals surface area (Å²) in [5, 5.41) is 1.27. The van der Waals surface area contributed by atoms with Gasteiger partial charge in [-0.25, -0.2) is 5.06 Å². The van der Waals surface area contributed by atoms with E-state index in [0.29, 0.717) is 25.4 Å². The molecular weight excluding hydrogens is 462 g/mol. The van der Waals surface area contributed by atoms with Gasteiger partial charge in [0, 0.05) is 19.9 Å². The van der Waals surface area contributed by atoms with Crippen molar-refractivity contribution < 1.29 is 19.2 Å². The summed E-state index contributed by atoms with van der Waals surface area (Å²) in [6, 6.07) is 0. The van der Waals surface area contributed by atoms with Crippen LogP contribution in [0.3, 0.4) is 0 Å². The standard InChI is InChI=1S/C32H63NO4/c1-5-7-9-11-13-15-17-21-25-30(26-22-18-16-14-12-10-8-6-2)29-37-32(35)28-24-20-19-23-27-31(34)33(3)36-4/h30H,5-29H2,1-4H3. The molecule has 0 saturated heterocycles. The summed E-state index contributed by atoms with van der Waals surface area (Å²) in [6.45, 7) is 5.14. The molecule has 0 aromatic carbocycles. The molecule has 0 unspecified atom stereocenters. The van der Waals surface area contributed by atoms with Gasteiger partial charge in [-0.05, 0) is 31.6 Å². The summed E-state index contributed by atoms with van der Waals surface area (Å²) in [5.41, 5.74) is 0. The van der Waals surface area contributed by atoms with Gasteiger partial charge in [0.15, 0.2) is 0 Å². The molecule has 0 aliphatic rings. The zero-order valence-electron chi connectivity index (χ0n) is 25.3. The molecule has 1 amide bonds. The van der Waals surface area contributed by atoms with Crippen LogP contribution in [0.4, 0.5) is 0 Å². The number of hydrogen-bond acceptors (Lipinski definition) is 4. The van der Waals surface area contributed by atoms with E-state index in [0.717, 1.165) is 25.7 Å². The Morgan fingerprint density at radius 1 is 0.595 bits per heavy atom. The van der Waals surface area contributed by atoms with E-state index in [1.807, 2.05) is 0 Å². The number of hydroxylamine groups is 2. The maximum Gasteiger partial charge on any atom is 0.305 e. The van der Waals surface area contributed by atoms with E-state index >= 15 is 0 Å². The molecular formula is C32H63NO4. The van der Waals surface area contributed by atoms with Crippen molar-refractivity contribution in [2.24, 2.45) is 5.92 Å². The molecule has 0 radical (unpaired) electrons. The molecule has 0 aromatic heterocycles. The van der Waals surface area contributed by atoms with Crippen LogP contribution in [0.5, 0.6) is 0 Å². The Balaban J connectivity index is 4.09. The van der Waals surface area contributed by atoms with Crippen LogP contribution in [0.15, 0.2) is 0 Å². The minimum absolute atomic E-state index is 0.000868. The van der Waals surface area contributed by atoms with Crippen molar-refractivity contribution in [3.63, 3.8) is 0 Å². The van der Waals surface area contributed by atoms with E-state index in [9.17, 15) is 9.59 Å². The highest BCUT2D eigenvalue weighted by Gasteiger charge is 2.13. The van der Waals surface area contributed by atoms with Crippen LogP contribution >= 0.6 is 0 Å². The van der Waals surface area contributed by atoms with Crippen molar-refractivity contribution in [2.75, 3.05) is 20.8 Å². The van der Waals surface area contributed by atoms with Gasteiger partial charge in [0.25, 0.3) is 0 Å². The van der Waals surface area contributed by atoms with E-state index in [2.05, 4.69) is 13.8 Å². The monoisotopic (exact) mass is 525 g/mol. The number of nitrogens with zero attached hydrogens (tertiary/aromatic N) is 1. The zero-order valence-corrected chi connectivity index (χ0v) is 25.3. The minimum Gasteiger partial charge on any atom is -0.465 e. The molecule has 0 N–H and O–H groups in total. The van der Waals surface area contributed by atoms with Gasteiger partial charge in [0.05, 0.1) is 13.7 Å². The average molecular weight is 526 g/mol. The van der Waals surface area contributed by atoms with Crippen LogP contribution in [0, 0.1) is 5.92 Å². The Hall–Kier alpha value is -1.10. The summed E-state index contributed by atoms with van der Waals surface area (Å²) in [5.74, 6) is 0.473. The first-order valence-corrected chi connectivity index (χ1v) is 16.0. The molecule has 0 aromatic rings. The molecule has 0 heterocycles. The van der Waals surface area contributed by atoms with E-state index in [4.69, 9.17) is 9.57 Å². The smallest absolute Gasteiger partial charge is 0.305 e. The highest BCUT2D eigenvalue weighted by molar-refractivity contribution is 5.74. The first kappa shape index (κ1) is 35.9. The van der Waals surface area contributed by atoms with Gasteiger partial charge in [-0.2, -0.15) is 0 Å². The van der Waals surface area contributed by atoms with Gasteiger partial charge in [-0.3, -0.25) is 14.4 Å². The molecule has 0 spiro atoms. The summed E-state index contributed by atoms with van der Waals surface area (Å²) in [6.07, 6.45) is 28.5. The first-order valence-electron chi connectivity index (χ1n) is 16.0. The Morgan fingerprint density at radius 3 is 1.46 bits per heavy atom. The zero-order chi connectivity index (χ0) is 27.4. The predicted octanol–water partition coefficient (Wildman–Crippen LogP) is 9.57. The lowest BCUT2D eigenvalue weighted by Gasteiger charge is -2.17. The molecule has 0 atom stereocenters. The lowest BCUT2D eigenvalue weighted by Crippen LogP contribution is -2.24. The number of hydrogen-bond donors (Lipinski definition) is 0. The van der Waals surface area contributed by atoms with Crippen LogP contribution in [-0.2, 0) is 19.2 Å². The normalized spacial score (nSPS) is 11.3. The molecule has 0 aliphatic carbocycles.